The molecule has 1 aromatic carbocycles. The standard InChI is InChI=1S/C19H20N2O5/c1-4-5-13-9-18(23)25-19-12(3)15(7-6-14(13)19)24-10-17(22)20-16-8-11(2)26-21-16/h6-9H,4-5,10H2,1-3H3,(H,20,21,22). The number of hydrogen-bond donors (Lipinski definition) is 1. The van der Waals surface area contributed by atoms with Gasteiger partial charge in [0.1, 0.15) is 17.1 Å². The van der Waals surface area contributed by atoms with E-state index in [1.165, 1.54) is 6.07 Å². The molecule has 1 amide bonds. The van der Waals surface area contributed by atoms with Crippen LogP contribution in [0.15, 0.2) is 38.0 Å². The molecule has 26 heavy (non-hydrogen) atoms. The third kappa shape index (κ3) is 3.77. The highest BCUT2D eigenvalue weighted by molar-refractivity contribution is 5.91. The molecule has 0 aliphatic rings. The monoisotopic (exact) mass is 356 g/mol. The molecule has 0 aliphatic carbocycles. The number of rotatable bonds is 6. The van der Waals surface area contributed by atoms with Crippen LogP contribution >= 0.6 is 0 Å². The molecule has 0 unspecified atom stereocenters. The SMILES string of the molecule is CCCc1cc(=O)oc2c(C)c(OCC(=O)Nc3cc(C)on3)ccc12. The van der Waals surface area contributed by atoms with E-state index in [0.717, 1.165) is 23.8 Å². The van der Waals surface area contributed by atoms with Gasteiger partial charge in [-0.05, 0) is 38.0 Å². The first kappa shape index (κ1) is 17.7. The van der Waals surface area contributed by atoms with Gasteiger partial charge in [-0.1, -0.05) is 18.5 Å². The lowest BCUT2D eigenvalue weighted by atomic mass is 10.0. The molecule has 3 rings (SSSR count). The summed E-state index contributed by atoms with van der Waals surface area (Å²) >= 11 is 0. The Labute approximate surface area is 149 Å². The first-order chi connectivity index (χ1) is 12.5. The molecule has 0 saturated carbocycles. The van der Waals surface area contributed by atoms with Crippen LogP contribution in [0, 0.1) is 13.8 Å². The smallest absolute Gasteiger partial charge is 0.336 e. The van der Waals surface area contributed by atoms with Crippen LogP contribution in [0.2, 0.25) is 0 Å². The maximum Gasteiger partial charge on any atom is 0.336 e. The molecular weight excluding hydrogens is 336 g/mol. The summed E-state index contributed by atoms with van der Waals surface area (Å²) in [5.74, 6) is 1.06. The number of hydrogen-bond acceptors (Lipinski definition) is 6. The molecule has 0 atom stereocenters. The number of amides is 1. The van der Waals surface area contributed by atoms with Crippen molar-refractivity contribution in [3.63, 3.8) is 0 Å². The minimum absolute atomic E-state index is 0.197. The second kappa shape index (κ2) is 7.43. The van der Waals surface area contributed by atoms with E-state index in [1.807, 2.05) is 6.07 Å². The number of benzene rings is 1. The van der Waals surface area contributed by atoms with Gasteiger partial charge in [0.15, 0.2) is 12.4 Å². The molecule has 0 radical (unpaired) electrons. The van der Waals surface area contributed by atoms with E-state index in [1.54, 1.807) is 26.0 Å². The van der Waals surface area contributed by atoms with Gasteiger partial charge in [-0.25, -0.2) is 4.79 Å². The highest BCUT2D eigenvalue weighted by atomic mass is 16.5. The average Bonchev–Trinajstić information content (AvgIpc) is 3.00. The molecular formula is C19H20N2O5. The number of carbonyl (C=O) groups is 1. The van der Waals surface area contributed by atoms with E-state index < -0.39 is 0 Å². The van der Waals surface area contributed by atoms with Crippen LogP contribution in [0.1, 0.15) is 30.2 Å². The predicted molar refractivity (Wildman–Crippen MR) is 96.6 cm³/mol. The molecule has 1 N–H and O–H groups in total. The number of fused-ring (bicyclic) bond motifs is 1. The summed E-state index contributed by atoms with van der Waals surface area (Å²) in [7, 11) is 0. The Morgan fingerprint density at radius 2 is 2.08 bits per heavy atom. The van der Waals surface area contributed by atoms with Gasteiger partial charge < -0.3 is 19.0 Å². The third-order valence-corrected chi connectivity index (χ3v) is 3.97. The minimum atomic E-state index is -0.389. The molecule has 0 fully saturated rings. The van der Waals surface area contributed by atoms with E-state index in [0.29, 0.717) is 28.5 Å². The third-order valence-electron chi connectivity index (χ3n) is 3.97. The zero-order valence-corrected chi connectivity index (χ0v) is 14.9. The predicted octanol–water partition coefficient (Wildman–Crippen LogP) is 3.37. The Kier molecular flexibility index (Phi) is 5.06. The van der Waals surface area contributed by atoms with Crippen LogP contribution in [0.4, 0.5) is 5.82 Å². The maximum atomic E-state index is 12.0. The number of aromatic nitrogens is 1. The Morgan fingerprint density at radius 3 is 2.77 bits per heavy atom. The van der Waals surface area contributed by atoms with Crippen molar-refractivity contribution in [1.82, 2.24) is 5.16 Å². The summed E-state index contributed by atoms with van der Waals surface area (Å²) in [6.45, 7) is 5.39. The van der Waals surface area contributed by atoms with Gasteiger partial charge in [0, 0.05) is 23.1 Å². The summed E-state index contributed by atoms with van der Waals surface area (Å²) in [5.41, 5.74) is 1.74. The van der Waals surface area contributed by atoms with Gasteiger partial charge >= 0.3 is 5.63 Å². The van der Waals surface area contributed by atoms with Crippen molar-refractivity contribution < 1.29 is 18.5 Å². The molecule has 0 aliphatic heterocycles. The highest BCUT2D eigenvalue weighted by Crippen LogP contribution is 2.29. The van der Waals surface area contributed by atoms with Crippen molar-refractivity contribution in [2.75, 3.05) is 11.9 Å². The highest BCUT2D eigenvalue weighted by Gasteiger charge is 2.13. The Hall–Kier alpha value is -3.09. The second-order valence-corrected chi connectivity index (χ2v) is 6.07. The lowest BCUT2D eigenvalue weighted by Gasteiger charge is -2.12. The minimum Gasteiger partial charge on any atom is -0.483 e. The summed E-state index contributed by atoms with van der Waals surface area (Å²) in [5, 5.41) is 7.16. The van der Waals surface area contributed by atoms with Gasteiger partial charge in [-0.3, -0.25) is 4.79 Å². The Bertz CT molecular complexity index is 1000. The molecule has 3 aromatic rings. The van der Waals surface area contributed by atoms with E-state index in [9.17, 15) is 9.59 Å². The number of nitrogens with zero attached hydrogens (tertiary/aromatic N) is 1. The summed E-state index contributed by atoms with van der Waals surface area (Å²) in [6.07, 6.45) is 1.72. The zero-order chi connectivity index (χ0) is 18.7. The van der Waals surface area contributed by atoms with Crippen LogP contribution in [0.3, 0.4) is 0 Å². The molecule has 0 bridgehead atoms. The average molecular weight is 356 g/mol. The number of aryl methyl sites for hydroxylation is 3. The largest absolute Gasteiger partial charge is 0.483 e. The Morgan fingerprint density at radius 1 is 1.27 bits per heavy atom. The fraction of sp³-hybridized carbons (Fsp3) is 0.316. The lowest BCUT2D eigenvalue weighted by molar-refractivity contribution is -0.118. The van der Waals surface area contributed by atoms with Gasteiger partial charge in [-0.2, -0.15) is 0 Å². The molecule has 2 aromatic heterocycles. The summed E-state index contributed by atoms with van der Waals surface area (Å²) < 4.78 is 15.8. The number of anilines is 1. The van der Waals surface area contributed by atoms with Crippen LogP contribution in [-0.2, 0) is 11.2 Å². The fourth-order valence-electron chi connectivity index (χ4n) is 2.79. The van der Waals surface area contributed by atoms with E-state index in [4.69, 9.17) is 13.7 Å². The van der Waals surface area contributed by atoms with Crippen molar-refractivity contribution in [3.8, 4) is 5.75 Å². The first-order valence-corrected chi connectivity index (χ1v) is 8.40. The summed E-state index contributed by atoms with van der Waals surface area (Å²) in [4.78, 5) is 23.8. The molecule has 0 spiro atoms. The maximum absolute atomic E-state index is 12.0. The number of nitrogens with one attached hydrogen (secondary N) is 1. The van der Waals surface area contributed by atoms with Crippen LogP contribution in [0.5, 0.6) is 5.75 Å². The van der Waals surface area contributed by atoms with Crippen LogP contribution < -0.4 is 15.7 Å². The molecule has 0 saturated heterocycles. The van der Waals surface area contributed by atoms with Gasteiger partial charge in [0.05, 0.1) is 0 Å². The molecule has 7 heteroatoms. The van der Waals surface area contributed by atoms with Crippen LogP contribution in [0.25, 0.3) is 11.0 Å². The topological polar surface area (TPSA) is 94.6 Å². The van der Waals surface area contributed by atoms with Crippen molar-refractivity contribution in [2.45, 2.75) is 33.6 Å². The second-order valence-electron chi connectivity index (χ2n) is 6.07. The molecule has 7 nitrogen and oxygen atoms in total. The van der Waals surface area contributed by atoms with Crippen LogP contribution in [-0.4, -0.2) is 17.7 Å². The van der Waals surface area contributed by atoms with Crippen molar-refractivity contribution in [1.29, 1.82) is 0 Å². The number of ether oxygens (including phenoxy) is 1. The zero-order valence-electron chi connectivity index (χ0n) is 14.9. The normalized spacial score (nSPS) is 10.9. The lowest BCUT2D eigenvalue weighted by Crippen LogP contribution is -2.20. The van der Waals surface area contributed by atoms with Crippen molar-refractivity contribution >= 4 is 22.7 Å². The van der Waals surface area contributed by atoms with E-state index in [2.05, 4.69) is 17.4 Å². The van der Waals surface area contributed by atoms with Gasteiger partial charge in [0.2, 0.25) is 0 Å². The van der Waals surface area contributed by atoms with Gasteiger partial charge in [0.25, 0.3) is 5.91 Å². The molecule has 136 valence electrons. The van der Waals surface area contributed by atoms with Crippen molar-refractivity contribution in [2.24, 2.45) is 0 Å². The van der Waals surface area contributed by atoms with E-state index >= 15 is 0 Å². The quantitative estimate of drug-likeness (QED) is 0.681. The molecule has 2 heterocycles. The Balaban J connectivity index is 1.79. The first-order valence-electron chi connectivity index (χ1n) is 8.40. The van der Waals surface area contributed by atoms with Gasteiger partial charge in [-0.15, -0.1) is 0 Å². The van der Waals surface area contributed by atoms with E-state index in [-0.39, 0.29) is 18.1 Å². The van der Waals surface area contributed by atoms with Crippen molar-refractivity contribution in [3.05, 3.63) is 51.6 Å². The fourth-order valence-corrected chi connectivity index (χ4v) is 2.79. The summed E-state index contributed by atoms with van der Waals surface area (Å²) in [6, 6.07) is 6.77. The number of carbonyl (C=O) groups excluding carboxylic acids is 1.